The van der Waals surface area contributed by atoms with E-state index in [0.29, 0.717) is 6.42 Å². The molecule has 0 rings (SSSR count). The van der Waals surface area contributed by atoms with Crippen molar-refractivity contribution in [1.82, 2.24) is 0 Å². The van der Waals surface area contributed by atoms with Gasteiger partial charge >= 0.3 is 65.1 Å². The van der Waals surface area contributed by atoms with E-state index in [-0.39, 0.29) is 59.1 Å². The summed E-state index contributed by atoms with van der Waals surface area (Å²) in [6.07, 6.45) is 14.9. The van der Waals surface area contributed by atoms with Gasteiger partial charge in [0.1, 0.15) is 0 Å². The zero-order chi connectivity index (χ0) is 17.1. The van der Waals surface area contributed by atoms with Gasteiger partial charge in [-0.1, -0.05) is 84.0 Å². The Morgan fingerprint density at radius 3 is 1.17 bits per heavy atom. The SMILES string of the molecule is CCCCCCCCCCCCCCCC(=O)O.O=C([O-])[O-].[Na+].[Na+]. The summed E-state index contributed by atoms with van der Waals surface area (Å²) in [6, 6.07) is 0. The fourth-order valence-electron chi connectivity index (χ4n) is 2.29. The smallest absolute Gasteiger partial charge is 0.652 e. The van der Waals surface area contributed by atoms with E-state index in [9.17, 15) is 4.79 Å². The second-order valence-electron chi connectivity index (χ2n) is 5.64. The van der Waals surface area contributed by atoms with E-state index in [1.807, 2.05) is 0 Å². The van der Waals surface area contributed by atoms with Crippen molar-refractivity contribution in [3.63, 3.8) is 0 Å². The number of rotatable bonds is 14. The van der Waals surface area contributed by atoms with Gasteiger partial charge in [0.05, 0.1) is 0 Å². The van der Waals surface area contributed by atoms with Crippen LogP contribution in [0.1, 0.15) is 96.8 Å². The van der Waals surface area contributed by atoms with E-state index in [1.54, 1.807) is 0 Å². The van der Waals surface area contributed by atoms with Crippen molar-refractivity contribution in [2.75, 3.05) is 0 Å². The van der Waals surface area contributed by atoms with Gasteiger partial charge in [-0.25, -0.2) is 0 Å². The molecule has 132 valence electrons. The van der Waals surface area contributed by atoms with Crippen molar-refractivity contribution in [1.29, 1.82) is 0 Å². The van der Waals surface area contributed by atoms with Gasteiger partial charge in [0.15, 0.2) is 0 Å². The van der Waals surface area contributed by atoms with Gasteiger partial charge in [-0.2, -0.15) is 0 Å². The van der Waals surface area contributed by atoms with Gasteiger partial charge in [0.2, 0.25) is 0 Å². The van der Waals surface area contributed by atoms with Crippen molar-refractivity contribution in [2.45, 2.75) is 96.8 Å². The third-order valence-electron chi connectivity index (χ3n) is 3.49. The largest absolute Gasteiger partial charge is 1.00 e. The number of carboxylic acid groups (broad SMARTS) is 3. The second-order valence-corrected chi connectivity index (χ2v) is 5.64. The quantitative estimate of drug-likeness (QED) is 0.264. The molecule has 24 heavy (non-hydrogen) atoms. The van der Waals surface area contributed by atoms with Gasteiger partial charge in [-0.3, -0.25) is 4.79 Å². The molecule has 0 heterocycles. The summed E-state index contributed by atoms with van der Waals surface area (Å²) in [4.78, 5) is 18.6. The predicted octanol–water partition coefficient (Wildman–Crippen LogP) is -2.89. The minimum absolute atomic E-state index is 0. The Bertz CT molecular complexity index is 259. The Morgan fingerprint density at radius 1 is 0.667 bits per heavy atom. The average molecular weight is 362 g/mol. The summed E-state index contributed by atoms with van der Waals surface area (Å²) < 4.78 is 0. The molecule has 0 aromatic heterocycles. The Labute approximate surface area is 191 Å². The van der Waals surface area contributed by atoms with Crippen LogP contribution in [0.25, 0.3) is 0 Å². The zero-order valence-corrected chi connectivity index (χ0v) is 20.0. The van der Waals surface area contributed by atoms with E-state index in [1.165, 1.54) is 70.6 Å². The number of hydrogen-bond donors (Lipinski definition) is 1. The Morgan fingerprint density at radius 2 is 0.917 bits per heavy atom. The van der Waals surface area contributed by atoms with Crippen LogP contribution in [0.3, 0.4) is 0 Å². The predicted molar refractivity (Wildman–Crippen MR) is 83.3 cm³/mol. The molecule has 0 saturated heterocycles. The number of carbonyl (C=O) groups is 2. The standard InChI is InChI=1S/C16H32O2.CH2O3.2Na/c1-2-3-4-5-6-7-8-9-10-11-12-13-14-15-16(17)18;2-1(3)4;;/h2-15H2,1H3,(H,17,18);(H2,2,3,4);;/q;;2*+1/p-2. The summed E-state index contributed by atoms with van der Waals surface area (Å²) in [5.74, 6) is -0.655. The first-order valence-corrected chi connectivity index (χ1v) is 8.60. The van der Waals surface area contributed by atoms with Crippen LogP contribution in [0, 0.1) is 0 Å². The summed E-state index contributed by atoms with van der Waals surface area (Å²) >= 11 is 0. The van der Waals surface area contributed by atoms with Crippen LogP contribution in [0.2, 0.25) is 0 Å². The summed E-state index contributed by atoms with van der Waals surface area (Å²) in [7, 11) is 0. The fourth-order valence-corrected chi connectivity index (χ4v) is 2.29. The number of carbonyl (C=O) groups excluding carboxylic acids is 1. The first-order valence-electron chi connectivity index (χ1n) is 8.60. The molecule has 1 N–H and O–H groups in total. The molecule has 0 saturated carbocycles. The number of hydrogen-bond acceptors (Lipinski definition) is 4. The summed E-state index contributed by atoms with van der Waals surface area (Å²) in [5, 5.41) is 25.2. The van der Waals surface area contributed by atoms with Crippen LogP contribution in [0.15, 0.2) is 0 Å². The maximum Gasteiger partial charge on any atom is 1.00 e. The topological polar surface area (TPSA) is 100 Å². The Hall–Kier alpha value is 0.740. The zero-order valence-electron chi connectivity index (χ0n) is 16.0. The van der Waals surface area contributed by atoms with Crippen LogP contribution in [-0.4, -0.2) is 17.2 Å². The molecule has 0 aliphatic carbocycles. The fraction of sp³-hybridized carbons (Fsp3) is 0.882. The molecule has 0 fully saturated rings. The molecule has 7 heteroatoms. The maximum absolute atomic E-state index is 10.3. The third-order valence-corrected chi connectivity index (χ3v) is 3.49. The van der Waals surface area contributed by atoms with Gasteiger partial charge in [0, 0.05) is 6.42 Å². The molecule has 0 radical (unpaired) electrons. The maximum atomic E-state index is 10.3. The average Bonchev–Trinajstić information content (AvgIpc) is 2.43. The van der Waals surface area contributed by atoms with E-state index >= 15 is 0 Å². The molecule has 0 atom stereocenters. The molecule has 0 bridgehead atoms. The molecule has 0 spiro atoms. The van der Waals surface area contributed by atoms with Crippen molar-refractivity contribution in [3.8, 4) is 0 Å². The molecular formula is C17H32Na2O5. The molecule has 0 aromatic carbocycles. The van der Waals surface area contributed by atoms with Crippen LogP contribution in [0.5, 0.6) is 0 Å². The number of aliphatic carboxylic acids is 1. The first kappa shape index (κ1) is 32.4. The van der Waals surface area contributed by atoms with Gasteiger partial charge < -0.3 is 20.1 Å². The molecular weight excluding hydrogens is 330 g/mol. The van der Waals surface area contributed by atoms with Crippen LogP contribution in [-0.2, 0) is 4.79 Å². The minimum Gasteiger partial charge on any atom is -0.652 e. The van der Waals surface area contributed by atoms with Crippen molar-refractivity contribution < 1.29 is 84.0 Å². The molecule has 0 aliphatic rings. The van der Waals surface area contributed by atoms with Crippen LogP contribution in [0.4, 0.5) is 4.79 Å². The number of unbranched alkanes of at least 4 members (excludes halogenated alkanes) is 12. The van der Waals surface area contributed by atoms with Crippen molar-refractivity contribution in [3.05, 3.63) is 0 Å². The number of carboxylic acids is 1. The molecule has 0 aromatic rings. The van der Waals surface area contributed by atoms with E-state index in [2.05, 4.69) is 6.92 Å². The molecule has 0 aliphatic heterocycles. The summed E-state index contributed by atoms with van der Waals surface area (Å²) in [5.41, 5.74) is 0. The van der Waals surface area contributed by atoms with Crippen LogP contribution < -0.4 is 69.3 Å². The first-order chi connectivity index (χ1) is 10.5. The monoisotopic (exact) mass is 362 g/mol. The summed E-state index contributed by atoms with van der Waals surface area (Å²) in [6.45, 7) is 2.26. The molecule has 0 amide bonds. The third kappa shape index (κ3) is 43.4. The van der Waals surface area contributed by atoms with E-state index in [0.717, 1.165) is 12.8 Å². The minimum atomic E-state index is -2.33. The second kappa shape index (κ2) is 28.5. The Balaban J connectivity index is -0.000000298. The van der Waals surface area contributed by atoms with Gasteiger partial charge in [-0.05, 0) is 12.6 Å². The van der Waals surface area contributed by atoms with Crippen molar-refractivity contribution in [2.24, 2.45) is 0 Å². The normalized spacial score (nSPS) is 9.04. The Kier molecular flexibility index (Phi) is 38.5. The van der Waals surface area contributed by atoms with Crippen LogP contribution >= 0.6 is 0 Å². The van der Waals surface area contributed by atoms with Crippen molar-refractivity contribution >= 4 is 12.1 Å². The molecule has 5 nitrogen and oxygen atoms in total. The van der Waals surface area contributed by atoms with Gasteiger partial charge in [-0.15, -0.1) is 0 Å². The molecule has 0 unspecified atom stereocenters. The van der Waals surface area contributed by atoms with E-state index < -0.39 is 12.1 Å². The van der Waals surface area contributed by atoms with E-state index in [4.69, 9.17) is 20.1 Å². The van der Waals surface area contributed by atoms with Gasteiger partial charge in [0.25, 0.3) is 0 Å².